The maximum Gasteiger partial charge on any atom is 0.223 e. The molecule has 5 heteroatoms. The highest BCUT2D eigenvalue weighted by molar-refractivity contribution is 5.79. The van der Waals surface area contributed by atoms with Gasteiger partial charge < -0.3 is 15.5 Å². The predicted molar refractivity (Wildman–Crippen MR) is 73.7 cm³/mol. The number of hydrogen-bond acceptors (Lipinski definition) is 3. The Bertz CT molecular complexity index is 319. The fraction of sp³-hybridized carbons (Fsp3) is 0.857. The fourth-order valence-electron chi connectivity index (χ4n) is 3.20. The maximum atomic E-state index is 12.3. The van der Waals surface area contributed by atoms with E-state index < -0.39 is 0 Å². The molecule has 5 nitrogen and oxygen atoms in total. The third-order valence-electron chi connectivity index (χ3n) is 4.11. The molecule has 2 rings (SSSR count). The van der Waals surface area contributed by atoms with Gasteiger partial charge in [0.2, 0.25) is 11.8 Å². The molecule has 2 bridgehead atoms. The third-order valence-corrected chi connectivity index (χ3v) is 4.11. The van der Waals surface area contributed by atoms with E-state index in [1.165, 1.54) is 0 Å². The average Bonchev–Trinajstić information content (AvgIpc) is 2.63. The Morgan fingerprint density at radius 1 is 1.21 bits per heavy atom. The standard InChI is InChI=1S/C14H25N3O2/c1-2-16-13(18)4-3-5-14(19)17-11-6-7-12(17)10-15-9-8-11/h11-12,15H,2-10H2,1H3,(H,16,18). The lowest BCUT2D eigenvalue weighted by Gasteiger charge is -2.28. The summed E-state index contributed by atoms with van der Waals surface area (Å²) in [7, 11) is 0. The second-order valence-corrected chi connectivity index (χ2v) is 5.49. The van der Waals surface area contributed by atoms with E-state index in [1.807, 2.05) is 6.92 Å². The monoisotopic (exact) mass is 267 g/mol. The van der Waals surface area contributed by atoms with Crippen LogP contribution >= 0.6 is 0 Å². The zero-order valence-corrected chi connectivity index (χ0v) is 11.8. The van der Waals surface area contributed by atoms with E-state index in [2.05, 4.69) is 15.5 Å². The normalized spacial score (nSPS) is 26.1. The molecule has 0 saturated carbocycles. The maximum absolute atomic E-state index is 12.3. The number of carbonyl (C=O) groups is 2. The van der Waals surface area contributed by atoms with Crippen molar-refractivity contribution >= 4 is 11.8 Å². The molecule has 0 aromatic rings. The van der Waals surface area contributed by atoms with Gasteiger partial charge in [0, 0.05) is 38.0 Å². The Hall–Kier alpha value is -1.10. The number of hydrogen-bond donors (Lipinski definition) is 2. The molecular formula is C14H25N3O2. The van der Waals surface area contributed by atoms with Gasteiger partial charge in [-0.25, -0.2) is 0 Å². The van der Waals surface area contributed by atoms with Crippen LogP contribution in [0, 0.1) is 0 Å². The van der Waals surface area contributed by atoms with Crippen LogP contribution in [0.25, 0.3) is 0 Å². The van der Waals surface area contributed by atoms with Crippen LogP contribution in [0.4, 0.5) is 0 Å². The molecule has 2 aliphatic heterocycles. The van der Waals surface area contributed by atoms with Crippen molar-refractivity contribution in [3.05, 3.63) is 0 Å². The number of nitrogens with zero attached hydrogens (tertiary/aromatic N) is 1. The largest absolute Gasteiger partial charge is 0.356 e. The fourth-order valence-corrected chi connectivity index (χ4v) is 3.20. The van der Waals surface area contributed by atoms with E-state index in [9.17, 15) is 9.59 Å². The molecule has 0 spiro atoms. The van der Waals surface area contributed by atoms with Crippen molar-refractivity contribution in [2.24, 2.45) is 0 Å². The topological polar surface area (TPSA) is 61.4 Å². The Labute approximate surface area is 115 Å². The van der Waals surface area contributed by atoms with E-state index in [0.29, 0.717) is 37.9 Å². The highest BCUT2D eigenvalue weighted by atomic mass is 16.2. The number of amides is 2. The van der Waals surface area contributed by atoms with Gasteiger partial charge in [-0.2, -0.15) is 0 Å². The molecule has 2 aliphatic rings. The number of rotatable bonds is 5. The molecule has 108 valence electrons. The molecule has 2 amide bonds. The molecule has 2 fully saturated rings. The second kappa shape index (κ2) is 6.89. The summed E-state index contributed by atoms with van der Waals surface area (Å²) in [4.78, 5) is 25.8. The first-order valence-corrected chi connectivity index (χ1v) is 7.51. The summed E-state index contributed by atoms with van der Waals surface area (Å²) in [6, 6.07) is 0.807. The Kier molecular flexibility index (Phi) is 5.19. The minimum Gasteiger partial charge on any atom is -0.356 e. The smallest absolute Gasteiger partial charge is 0.223 e. The van der Waals surface area contributed by atoms with Crippen molar-refractivity contribution in [2.75, 3.05) is 19.6 Å². The molecule has 2 N–H and O–H groups in total. The zero-order valence-electron chi connectivity index (χ0n) is 11.8. The van der Waals surface area contributed by atoms with Gasteiger partial charge in [0.25, 0.3) is 0 Å². The Morgan fingerprint density at radius 3 is 2.79 bits per heavy atom. The quantitative estimate of drug-likeness (QED) is 0.768. The number of fused-ring (bicyclic) bond motifs is 2. The molecule has 2 saturated heterocycles. The van der Waals surface area contributed by atoms with Crippen LogP contribution in [-0.4, -0.2) is 48.4 Å². The van der Waals surface area contributed by atoms with Crippen LogP contribution in [0.15, 0.2) is 0 Å². The first kappa shape index (κ1) is 14.3. The van der Waals surface area contributed by atoms with Gasteiger partial charge in [-0.05, 0) is 39.2 Å². The van der Waals surface area contributed by atoms with Crippen LogP contribution < -0.4 is 10.6 Å². The van der Waals surface area contributed by atoms with Gasteiger partial charge in [-0.3, -0.25) is 9.59 Å². The Morgan fingerprint density at radius 2 is 2.00 bits per heavy atom. The summed E-state index contributed by atoms with van der Waals surface area (Å²) >= 11 is 0. The predicted octanol–water partition coefficient (Wildman–Crippen LogP) is 0.646. The molecule has 0 aliphatic carbocycles. The van der Waals surface area contributed by atoms with Gasteiger partial charge in [0.1, 0.15) is 0 Å². The summed E-state index contributed by atoms with van der Waals surface area (Å²) < 4.78 is 0. The van der Waals surface area contributed by atoms with Crippen LogP contribution in [0.1, 0.15) is 45.4 Å². The van der Waals surface area contributed by atoms with E-state index >= 15 is 0 Å². The number of carbonyl (C=O) groups excluding carboxylic acids is 2. The summed E-state index contributed by atoms with van der Waals surface area (Å²) in [5.74, 6) is 0.288. The van der Waals surface area contributed by atoms with E-state index in [0.717, 1.165) is 32.4 Å². The molecular weight excluding hydrogens is 242 g/mol. The summed E-state index contributed by atoms with van der Waals surface area (Å²) in [6.07, 6.45) is 4.96. The Balaban J connectivity index is 1.78. The van der Waals surface area contributed by atoms with Crippen LogP contribution in [0.2, 0.25) is 0 Å². The lowest BCUT2D eigenvalue weighted by atomic mass is 10.1. The lowest BCUT2D eigenvalue weighted by molar-refractivity contribution is -0.134. The van der Waals surface area contributed by atoms with E-state index in [4.69, 9.17) is 0 Å². The molecule has 0 aromatic heterocycles. The highest BCUT2D eigenvalue weighted by Crippen LogP contribution is 2.28. The van der Waals surface area contributed by atoms with Crippen LogP contribution in [-0.2, 0) is 9.59 Å². The van der Waals surface area contributed by atoms with Crippen LogP contribution in [0.3, 0.4) is 0 Å². The molecule has 0 aromatic carbocycles. The molecule has 2 unspecified atom stereocenters. The van der Waals surface area contributed by atoms with Crippen molar-refractivity contribution in [2.45, 2.75) is 57.5 Å². The summed E-state index contributed by atoms with van der Waals surface area (Å²) in [6.45, 7) is 4.52. The molecule has 2 atom stereocenters. The van der Waals surface area contributed by atoms with Crippen molar-refractivity contribution in [3.8, 4) is 0 Å². The van der Waals surface area contributed by atoms with E-state index in [1.54, 1.807) is 0 Å². The summed E-state index contributed by atoms with van der Waals surface area (Å²) in [5.41, 5.74) is 0. The van der Waals surface area contributed by atoms with Crippen molar-refractivity contribution < 1.29 is 9.59 Å². The number of nitrogens with one attached hydrogen (secondary N) is 2. The van der Waals surface area contributed by atoms with Crippen molar-refractivity contribution in [1.29, 1.82) is 0 Å². The molecule has 19 heavy (non-hydrogen) atoms. The first-order valence-electron chi connectivity index (χ1n) is 7.51. The lowest BCUT2D eigenvalue weighted by Crippen LogP contribution is -2.42. The molecule has 2 heterocycles. The molecule has 0 radical (unpaired) electrons. The van der Waals surface area contributed by atoms with Gasteiger partial charge in [0.15, 0.2) is 0 Å². The minimum absolute atomic E-state index is 0.0517. The van der Waals surface area contributed by atoms with Gasteiger partial charge in [0.05, 0.1) is 0 Å². The van der Waals surface area contributed by atoms with E-state index in [-0.39, 0.29) is 11.8 Å². The second-order valence-electron chi connectivity index (χ2n) is 5.49. The SMILES string of the molecule is CCNC(=O)CCCC(=O)N1C2CCNCC1CC2. The van der Waals surface area contributed by atoms with Gasteiger partial charge in [-0.1, -0.05) is 0 Å². The van der Waals surface area contributed by atoms with Crippen molar-refractivity contribution in [3.63, 3.8) is 0 Å². The minimum atomic E-state index is 0.0517. The third kappa shape index (κ3) is 3.69. The highest BCUT2D eigenvalue weighted by Gasteiger charge is 2.37. The van der Waals surface area contributed by atoms with Gasteiger partial charge >= 0.3 is 0 Å². The first-order chi connectivity index (χ1) is 9.22. The average molecular weight is 267 g/mol. The van der Waals surface area contributed by atoms with Crippen molar-refractivity contribution in [1.82, 2.24) is 15.5 Å². The summed E-state index contributed by atoms with van der Waals surface area (Å²) in [5, 5.41) is 6.16. The van der Waals surface area contributed by atoms with Gasteiger partial charge in [-0.15, -0.1) is 0 Å². The van der Waals surface area contributed by atoms with Crippen LogP contribution in [0.5, 0.6) is 0 Å². The zero-order chi connectivity index (χ0) is 13.7.